The number of aryl methyl sites for hydroxylation is 1. The van der Waals surface area contributed by atoms with Crippen molar-refractivity contribution < 1.29 is 9.90 Å². The fourth-order valence-corrected chi connectivity index (χ4v) is 2.29. The lowest BCUT2D eigenvalue weighted by Crippen LogP contribution is -2.47. The molecule has 0 aliphatic carbocycles. The van der Waals surface area contributed by atoms with E-state index < -0.39 is 6.10 Å². The van der Waals surface area contributed by atoms with Gasteiger partial charge in [0, 0.05) is 23.8 Å². The molecule has 1 aromatic rings. The minimum Gasteiger partial charge on any atom is -0.391 e. The molecule has 1 aliphatic rings. The number of benzene rings is 1. The molecule has 0 saturated carbocycles. The first kappa shape index (κ1) is 14.2. The minimum absolute atomic E-state index is 0.189. The molecule has 0 spiro atoms. The quantitative estimate of drug-likeness (QED) is 0.832. The Bertz CT molecular complexity index is 479. The van der Waals surface area contributed by atoms with Crippen LogP contribution in [0, 0.1) is 12.8 Å². The molecule has 104 valence electrons. The maximum atomic E-state index is 12.1. The number of urea groups is 1. The number of aliphatic hydroxyl groups is 1. The molecule has 0 aromatic heterocycles. The zero-order chi connectivity index (χ0) is 14.0. The van der Waals surface area contributed by atoms with Crippen molar-refractivity contribution in [3.05, 3.63) is 28.8 Å². The van der Waals surface area contributed by atoms with Gasteiger partial charge in [0.05, 0.1) is 6.10 Å². The van der Waals surface area contributed by atoms with E-state index in [1.807, 2.05) is 26.0 Å². The van der Waals surface area contributed by atoms with Gasteiger partial charge in [-0.3, -0.25) is 0 Å². The van der Waals surface area contributed by atoms with Gasteiger partial charge in [-0.15, -0.1) is 0 Å². The summed E-state index contributed by atoms with van der Waals surface area (Å²) in [6.45, 7) is 4.96. The van der Waals surface area contributed by atoms with Gasteiger partial charge in [0.1, 0.15) is 0 Å². The molecule has 5 heteroatoms. The van der Waals surface area contributed by atoms with E-state index in [1.54, 1.807) is 11.0 Å². The summed E-state index contributed by atoms with van der Waals surface area (Å²) in [5.41, 5.74) is 1.65. The minimum atomic E-state index is -0.443. The summed E-state index contributed by atoms with van der Waals surface area (Å²) in [4.78, 5) is 13.7. The first-order chi connectivity index (χ1) is 8.97. The van der Waals surface area contributed by atoms with Gasteiger partial charge in [-0.05, 0) is 37.0 Å². The number of carbonyl (C=O) groups excluding carboxylic acids is 1. The molecular weight excluding hydrogens is 264 g/mol. The van der Waals surface area contributed by atoms with Crippen molar-refractivity contribution in [3.63, 3.8) is 0 Å². The van der Waals surface area contributed by atoms with Crippen LogP contribution in [0.1, 0.15) is 18.9 Å². The number of β-amino-alcohol motifs (C(OH)–C–C–N with tert-alkyl or cyclic N) is 1. The molecule has 2 amide bonds. The molecule has 1 aliphatic heterocycles. The lowest BCUT2D eigenvalue weighted by molar-refractivity contribution is 0.0464. The predicted molar refractivity (Wildman–Crippen MR) is 76.6 cm³/mol. The standard InChI is InChI=1S/C14H19ClN2O2/c1-9-3-4-11(7-12(9)15)16-14(19)17-6-5-10(2)13(18)8-17/h3-4,7,10,13,18H,5-6,8H2,1-2H3,(H,16,19). The van der Waals surface area contributed by atoms with Gasteiger partial charge >= 0.3 is 6.03 Å². The van der Waals surface area contributed by atoms with E-state index in [0.717, 1.165) is 12.0 Å². The Balaban J connectivity index is 1.99. The molecule has 2 N–H and O–H groups in total. The Hall–Kier alpha value is -1.26. The van der Waals surface area contributed by atoms with Crippen molar-refractivity contribution in [2.45, 2.75) is 26.4 Å². The number of aliphatic hydroxyl groups excluding tert-OH is 1. The first-order valence-electron chi connectivity index (χ1n) is 6.47. The second-order valence-electron chi connectivity index (χ2n) is 5.17. The zero-order valence-electron chi connectivity index (χ0n) is 11.2. The number of carbonyl (C=O) groups is 1. The monoisotopic (exact) mass is 282 g/mol. The number of amides is 2. The molecular formula is C14H19ClN2O2. The highest BCUT2D eigenvalue weighted by molar-refractivity contribution is 6.31. The van der Waals surface area contributed by atoms with E-state index in [4.69, 9.17) is 11.6 Å². The van der Waals surface area contributed by atoms with Gasteiger partial charge in [0.2, 0.25) is 0 Å². The van der Waals surface area contributed by atoms with E-state index in [2.05, 4.69) is 5.32 Å². The highest BCUT2D eigenvalue weighted by Gasteiger charge is 2.27. The van der Waals surface area contributed by atoms with Crippen LogP contribution < -0.4 is 5.32 Å². The summed E-state index contributed by atoms with van der Waals surface area (Å²) in [6.07, 6.45) is 0.379. The molecule has 4 nitrogen and oxygen atoms in total. The van der Waals surface area contributed by atoms with Crippen molar-refractivity contribution in [2.24, 2.45) is 5.92 Å². The lowest BCUT2D eigenvalue weighted by Gasteiger charge is -2.34. The molecule has 1 saturated heterocycles. The van der Waals surface area contributed by atoms with Crippen molar-refractivity contribution >= 4 is 23.3 Å². The number of halogens is 1. The normalized spacial score (nSPS) is 23.3. The van der Waals surface area contributed by atoms with Crippen LogP contribution in [0.5, 0.6) is 0 Å². The molecule has 1 aromatic carbocycles. The molecule has 2 atom stereocenters. The molecule has 0 radical (unpaired) electrons. The number of nitrogens with zero attached hydrogens (tertiary/aromatic N) is 1. The number of hydrogen-bond donors (Lipinski definition) is 2. The fourth-order valence-electron chi connectivity index (χ4n) is 2.11. The number of piperidine rings is 1. The summed E-state index contributed by atoms with van der Waals surface area (Å²) in [5, 5.41) is 13.2. The molecule has 1 heterocycles. The van der Waals surface area contributed by atoms with Crippen LogP contribution in [-0.2, 0) is 0 Å². The van der Waals surface area contributed by atoms with Crippen LogP contribution in [0.2, 0.25) is 5.02 Å². The third-order valence-electron chi connectivity index (χ3n) is 3.63. The largest absolute Gasteiger partial charge is 0.391 e. The van der Waals surface area contributed by atoms with Crippen LogP contribution >= 0.6 is 11.6 Å². The second-order valence-corrected chi connectivity index (χ2v) is 5.58. The number of hydrogen-bond acceptors (Lipinski definition) is 2. The van der Waals surface area contributed by atoms with Gasteiger partial charge in [0.25, 0.3) is 0 Å². The third-order valence-corrected chi connectivity index (χ3v) is 4.04. The van der Waals surface area contributed by atoms with Crippen LogP contribution in [0.25, 0.3) is 0 Å². The van der Waals surface area contributed by atoms with Gasteiger partial charge in [0.15, 0.2) is 0 Å². The highest BCUT2D eigenvalue weighted by atomic mass is 35.5. The highest BCUT2D eigenvalue weighted by Crippen LogP contribution is 2.21. The number of nitrogens with one attached hydrogen (secondary N) is 1. The average molecular weight is 283 g/mol. The van der Waals surface area contributed by atoms with E-state index in [-0.39, 0.29) is 11.9 Å². The Morgan fingerprint density at radius 1 is 1.53 bits per heavy atom. The molecule has 19 heavy (non-hydrogen) atoms. The van der Waals surface area contributed by atoms with Crippen LogP contribution in [0.4, 0.5) is 10.5 Å². The van der Waals surface area contributed by atoms with Crippen LogP contribution in [-0.4, -0.2) is 35.2 Å². The summed E-state index contributed by atoms with van der Waals surface area (Å²) < 4.78 is 0. The Morgan fingerprint density at radius 2 is 2.26 bits per heavy atom. The van der Waals surface area contributed by atoms with Gasteiger partial charge < -0.3 is 15.3 Å². The summed E-state index contributed by atoms with van der Waals surface area (Å²) in [7, 11) is 0. The lowest BCUT2D eigenvalue weighted by atomic mass is 9.96. The fraction of sp³-hybridized carbons (Fsp3) is 0.500. The topological polar surface area (TPSA) is 52.6 Å². The van der Waals surface area contributed by atoms with E-state index >= 15 is 0 Å². The van der Waals surface area contributed by atoms with Crippen LogP contribution in [0.15, 0.2) is 18.2 Å². The van der Waals surface area contributed by atoms with Crippen molar-refractivity contribution in [3.8, 4) is 0 Å². The number of likely N-dealkylation sites (tertiary alicyclic amines) is 1. The van der Waals surface area contributed by atoms with Crippen molar-refractivity contribution in [1.82, 2.24) is 4.90 Å². The number of rotatable bonds is 1. The second kappa shape index (κ2) is 5.80. The number of anilines is 1. The van der Waals surface area contributed by atoms with E-state index in [1.165, 1.54) is 0 Å². The smallest absolute Gasteiger partial charge is 0.321 e. The summed E-state index contributed by atoms with van der Waals surface area (Å²) >= 11 is 6.02. The van der Waals surface area contributed by atoms with Gasteiger partial charge in [-0.1, -0.05) is 24.6 Å². The zero-order valence-corrected chi connectivity index (χ0v) is 11.9. The Kier molecular flexibility index (Phi) is 4.32. The SMILES string of the molecule is Cc1ccc(NC(=O)N2CCC(C)C(O)C2)cc1Cl. The van der Waals surface area contributed by atoms with Gasteiger partial charge in [-0.25, -0.2) is 4.79 Å². The van der Waals surface area contributed by atoms with E-state index in [0.29, 0.717) is 23.8 Å². The molecule has 1 fully saturated rings. The Morgan fingerprint density at radius 3 is 2.89 bits per heavy atom. The summed E-state index contributed by atoms with van der Waals surface area (Å²) in [5.74, 6) is 0.248. The Labute approximate surface area is 118 Å². The molecule has 0 bridgehead atoms. The van der Waals surface area contributed by atoms with Crippen molar-refractivity contribution in [1.29, 1.82) is 0 Å². The molecule has 2 rings (SSSR count). The first-order valence-corrected chi connectivity index (χ1v) is 6.85. The summed E-state index contributed by atoms with van der Waals surface area (Å²) in [6, 6.07) is 5.23. The maximum absolute atomic E-state index is 12.1. The van der Waals surface area contributed by atoms with Crippen molar-refractivity contribution in [2.75, 3.05) is 18.4 Å². The predicted octanol–water partition coefficient (Wildman–Crippen LogP) is 2.88. The van der Waals surface area contributed by atoms with Gasteiger partial charge in [-0.2, -0.15) is 0 Å². The third kappa shape index (κ3) is 3.39. The van der Waals surface area contributed by atoms with Crippen LogP contribution in [0.3, 0.4) is 0 Å². The maximum Gasteiger partial charge on any atom is 0.321 e. The average Bonchev–Trinajstić information content (AvgIpc) is 2.37. The molecule has 2 unspecified atom stereocenters. The van der Waals surface area contributed by atoms with E-state index in [9.17, 15) is 9.90 Å².